The Morgan fingerprint density at radius 1 is 1.60 bits per heavy atom. The Morgan fingerprint density at radius 2 is 2.20 bits per heavy atom. The zero-order valence-corrected chi connectivity index (χ0v) is 9.87. The minimum Gasteiger partial charge on any atom is -0.447 e. The lowest BCUT2D eigenvalue weighted by Gasteiger charge is -2.26. The number of hydrogen-bond acceptors (Lipinski definition) is 3. The van der Waals surface area contributed by atoms with Crippen molar-refractivity contribution in [2.24, 2.45) is 5.92 Å². The smallest absolute Gasteiger partial charge is 0.417 e. The molecule has 1 atom stereocenters. The van der Waals surface area contributed by atoms with Crippen molar-refractivity contribution in [1.29, 1.82) is 0 Å². The molecule has 0 saturated carbocycles. The maximum atomic E-state index is 11.9. The molecule has 0 unspecified atom stereocenters. The fraction of sp³-hybridized carbons (Fsp3) is 0.818. The molecule has 1 rings (SSSR count). The van der Waals surface area contributed by atoms with Crippen molar-refractivity contribution >= 4 is 12.0 Å². The van der Waals surface area contributed by atoms with Crippen LogP contribution in [0.4, 0.5) is 4.79 Å². The first-order valence-electron chi connectivity index (χ1n) is 5.38. The second kappa shape index (κ2) is 4.21. The molecule has 1 heterocycles. The van der Waals surface area contributed by atoms with Gasteiger partial charge < -0.3 is 4.74 Å². The number of cyclic esters (lactones) is 1. The van der Waals surface area contributed by atoms with Gasteiger partial charge in [0.1, 0.15) is 6.61 Å². The van der Waals surface area contributed by atoms with Crippen LogP contribution in [0.1, 0.15) is 40.5 Å². The fourth-order valence-corrected chi connectivity index (χ4v) is 1.59. The summed E-state index contributed by atoms with van der Waals surface area (Å²) in [5.74, 6) is 0.179. The maximum Gasteiger partial charge on any atom is 0.417 e. The molecule has 0 aromatic rings. The molecule has 1 aliphatic rings. The van der Waals surface area contributed by atoms with E-state index in [0.717, 1.165) is 6.42 Å². The van der Waals surface area contributed by atoms with Gasteiger partial charge in [0.25, 0.3) is 0 Å². The van der Waals surface area contributed by atoms with Gasteiger partial charge in [0.05, 0.1) is 5.54 Å². The van der Waals surface area contributed by atoms with Crippen LogP contribution in [0.3, 0.4) is 0 Å². The summed E-state index contributed by atoms with van der Waals surface area (Å²) in [6.45, 7) is 8.01. The minimum atomic E-state index is -0.506. The fourth-order valence-electron chi connectivity index (χ4n) is 1.59. The Balaban J connectivity index is 2.69. The second-order valence-electron chi connectivity index (χ2n) is 4.81. The van der Waals surface area contributed by atoms with Crippen LogP contribution in [-0.2, 0) is 9.53 Å². The molecule has 0 aromatic carbocycles. The molecule has 4 nitrogen and oxygen atoms in total. The van der Waals surface area contributed by atoms with E-state index in [4.69, 9.17) is 4.74 Å². The zero-order valence-electron chi connectivity index (χ0n) is 9.87. The summed E-state index contributed by atoms with van der Waals surface area (Å²) in [6.07, 6.45) is 0.845. The highest BCUT2D eigenvalue weighted by atomic mass is 16.6. The number of carbonyl (C=O) groups excluding carboxylic acids is 2. The van der Waals surface area contributed by atoms with Gasteiger partial charge in [-0.05, 0) is 19.8 Å². The average molecular weight is 213 g/mol. The van der Waals surface area contributed by atoms with Gasteiger partial charge in [-0.25, -0.2) is 9.69 Å². The van der Waals surface area contributed by atoms with E-state index >= 15 is 0 Å². The lowest BCUT2D eigenvalue weighted by molar-refractivity contribution is -0.131. The van der Waals surface area contributed by atoms with Crippen LogP contribution >= 0.6 is 0 Å². The molecule has 0 spiro atoms. The van der Waals surface area contributed by atoms with Gasteiger partial charge in [-0.3, -0.25) is 4.79 Å². The van der Waals surface area contributed by atoms with Crippen LogP contribution < -0.4 is 0 Å². The number of imide groups is 1. The third kappa shape index (κ3) is 2.49. The third-order valence-corrected chi connectivity index (χ3v) is 2.81. The van der Waals surface area contributed by atoms with Crippen LogP contribution in [0.15, 0.2) is 0 Å². The van der Waals surface area contributed by atoms with E-state index in [1.165, 1.54) is 4.90 Å². The van der Waals surface area contributed by atoms with Crippen LogP contribution in [-0.4, -0.2) is 29.0 Å². The number of ether oxygens (including phenoxy) is 1. The van der Waals surface area contributed by atoms with E-state index in [9.17, 15) is 9.59 Å². The summed E-state index contributed by atoms with van der Waals surface area (Å²) >= 11 is 0. The van der Waals surface area contributed by atoms with E-state index in [2.05, 4.69) is 0 Å². The molecule has 1 saturated heterocycles. The normalized spacial score (nSPS) is 21.3. The monoisotopic (exact) mass is 213 g/mol. The molecule has 0 bridgehead atoms. The number of amides is 2. The maximum absolute atomic E-state index is 11.9. The van der Waals surface area contributed by atoms with Gasteiger partial charge in [0.15, 0.2) is 0 Å². The standard InChI is InChI=1S/C11H19NO3/c1-5-8(2)6-9(13)12-10(14)15-7-11(12,3)4/h8H,5-7H2,1-4H3/t8-/m0/s1. The van der Waals surface area contributed by atoms with Crippen LogP contribution in [0.25, 0.3) is 0 Å². The quantitative estimate of drug-likeness (QED) is 0.721. The van der Waals surface area contributed by atoms with Gasteiger partial charge in [0.2, 0.25) is 5.91 Å². The Kier molecular flexibility index (Phi) is 3.37. The van der Waals surface area contributed by atoms with E-state index < -0.39 is 11.6 Å². The number of nitrogens with zero attached hydrogens (tertiary/aromatic N) is 1. The highest BCUT2D eigenvalue weighted by molar-refractivity contribution is 5.94. The molecule has 2 amide bonds. The van der Waals surface area contributed by atoms with Gasteiger partial charge in [-0.2, -0.15) is 0 Å². The molecule has 86 valence electrons. The van der Waals surface area contributed by atoms with Crippen LogP contribution in [0, 0.1) is 5.92 Å². The summed E-state index contributed by atoms with van der Waals surface area (Å²) in [5.41, 5.74) is -0.498. The predicted octanol–water partition coefficient (Wildman–Crippen LogP) is 2.18. The number of rotatable bonds is 3. The molecular formula is C11H19NO3. The van der Waals surface area contributed by atoms with E-state index in [1.54, 1.807) is 0 Å². The average Bonchev–Trinajstić information content (AvgIpc) is 2.40. The summed E-state index contributed by atoms with van der Waals surface area (Å²) in [5, 5.41) is 0. The third-order valence-electron chi connectivity index (χ3n) is 2.81. The Labute approximate surface area is 90.6 Å². The highest BCUT2D eigenvalue weighted by Gasteiger charge is 2.43. The van der Waals surface area contributed by atoms with Gasteiger partial charge in [0, 0.05) is 6.42 Å². The molecule has 1 fully saturated rings. The van der Waals surface area contributed by atoms with Crippen molar-refractivity contribution in [3.63, 3.8) is 0 Å². The van der Waals surface area contributed by atoms with E-state index in [1.807, 2.05) is 27.7 Å². The molecule has 15 heavy (non-hydrogen) atoms. The van der Waals surface area contributed by atoms with Gasteiger partial charge in [-0.15, -0.1) is 0 Å². The molecule has 0 aromatic heterocycles. The SMILES string of the molecule is CC[C@H](C)CC(=O)N1C(=O)OCC1(C)C. The van der Waals surface area contributed by atoms with Crippen molar-refractivity contribution in [3.05, 3.63) is 0 Å². The Bertz CT molecular complexity index is 273. The van der Waals surface area contributed by atoms with E-state index in [0.29, 0.717) is 12.3 Å². The first-order chi connectivity index (χ1) is 6.88. The van der Waals surface area contributed by atoms with Crippen molar-refractivity contribution < 1.29 is 14.3 Å². The van der Waals surface area contributed by atoms with Crippen molar-refractivity contribution in [2.75, 3.05) is 6.61 Å². The first-order valence-corrected chi connectivity index (χ1v) is 5.38. The van der Waals surface area contributed by atoms with E-state index in [-0.39, 0.29) is 12.5 Å². The van der Waals surface area contributed by atoms with Crippen molar-refractivity contribution in [3.8, 4) is 0 Å². The van der Waals surface area contributed by atoms with Crippen LogP contribution in [0.5, 0.6) is 0 Å². The molecular weight excluding hydrogens is 194 g/mol. The summed E-state index contributed by atoms with van der Waals surface area (Å²) in [6, 6.07) is 0. The molecule has 1 aliphatic heterocycles. The summed E-state index contributed by atoms with van der Waals surface area (Å²) in [4.78, 5) is 24.5. The van der Waals surface area contributed by atoms with Crippen LogP contribution in [0.2, 0.25) is 0 Å². The second-order valence-corrected chi connectivity index (χ2v) is 4.81. The molecule has 4 heteroatoms. The first kappa shape index (κ1) is 12.0. The number of hydrogen-bond donors (Lipinski definition) is 0. The minimum absolute atomic E-state index is 0.128. The zero-order chi connectivity index (χ0) is 11.6. The topological polar surface area (TPSA) is 46.6 Å². The molecule has 0 aliphatic carbocycles. The lowest BCUT2D eigenvalue weighted by atomic mass is 10.0. The Morgan fingerprint density at radius 3 is 2.60 bits per heavy atom. The summed E-state index contributed by atoms with van der Waals surface area (Å²) in [7, 11) is 0. The van der Waals surface area contributed by atoms with Crippen molar-refractivity contribution in [1.82, 2.24) is 4.90 Å². The summed E-state index contributed by atoms with van der Waals surface area (Å²) < 4.78 is 4.88. The van der Waals surface area contributed by atoms with Gasteiger partial charge >= 0.3 is 6.09 Å². The molecule has 0 N–H and O–H groups in total. The van der Waals surface area contributed by atoms with Gasteiger partial charge in [-0.1, -0.05) is 20.3 Å². The van der Waals surface area contributed by atoms with Crippen molar-refractivity contribution in [2.45, 2.75) is 46.1 Å². The molecule has 0 radical (unpaired) electrons. The predicted molar refractivity (Wildman–Crippen MR) is 56.3 cm³/mol. The highest BCUT2D eigenvalue weighted by Crippen LogP contribution is 2.25. The largest absolute Gasteiger partial charge is 0.447 e. The lowest BCUT2D eigenvalue weighted by Crippen LogP contribution is -2.46. The number of carbonyl (C=O) groups is 2. The Hall–Kier alpha value is -1.06.